The minimum absolute atomic E-state index is 0.977. The Kier molecular flexibility index (Phi) is 15.2. The third-order valence-electron chi connectivity index (χ3n) is 7.32. The van der Waals surface area contributed by atoms with E-state index >= 15 is 0 Å². The molecular weight excluding hydrogens is 448 g/mol. The summed E-state index contributed by atoms with van der Waals surface area (Å²) in [6.45, 7) is 13.5. The molecule has 204 valence electrons. The molecule has 0 heterocycles. The fourth-order valence-corrected chi connectivity index (χ4v) is 4.86. The lowest BCUT2D eigenvalue weighted by molar-refractivity contribution is 0.758. The molecular formula is C35H54N2. The Bertz CT molecular complexity index is 983. The Morgan fingerprint density at radius 1 is 0.514 bits per heavy atom. The molecule has 0 aliphatic carbocycles. The topological polar surface area (TPSA) is 24.7 Å². The van der Waals surface area contributed by atoms with Crippen LogP contribution in [0.4, 0.5) is 11.4 Å². The highest BCUT2D eigenvalue weighted by Crippen LogP contribution is 2.25. The number of rotatable bonds is 18. The van der Waals surface area contributed by atoms with Gasteiger partial charge in [-0.15, -0.1) is 0 Å². The highest BCUT2D eigenvalue weighted by atomic mass is 14.8. The second-order valence-corrected chi connectivity index (χ2v) is 10.7. The van der Waals surface area contributed by atoms with Gasteiger partial charge in [-0.2, -0.15) is 0 Å². The van der Waals surface area contributed by atoms with Crippen molar-refractivity contribution in [2.45, 2.75) is 138 Å². The number of benzene rings is 2. The van der Waals surface area contributed by atoms with Crippen LogP contribution in [-0.2, 0) is 25.7 Å². The minimum Gasteiger partial charge on any atom is -0.252 e. The Hall–Kier alpha value is -2.22. The number of hydrogen-bond acceptors (Lipinski definition) is 2. The molecule has 0 radical (unpaired) electrons. The van der Waals surface area contributed by atoms with E-state index in [1.165, 1.54) is 86.5 Å². The van der Waals surface area contributed by atoms with Gasteiger partial charge in [-0.05, 0) is 118 Å². The maximum Gasteiger partial charge on any atom is 0.0636 e. The summed E-state index contributed by atoms with van der Waals surface area (Å²) in [7, 11) is 0. The zero-order valence-electron chi connectivity index (χ0n) is 25.0. The van der Waals surface area contributed by atoms with Crippen LogP contribution in [0.2, 0.25) is 0 Å². The van der Waals surface area contributed by atoms with Gasteiger partial charge in [-0.3, -0.25) is 9.98 Å². The number of aliphatic imine (C=N–C) groups is 2. The van der Waals surface area contributed by atoms with E-state index < -0.39 is 0 Å². The van der Waals surface area contributed by atoms with Crippen LogP contribution in [0.5, 0.6) is 0 Å². The molecule has 2 nitrogen and oxygen atoms in total. The predicted molar refractivity (Wildman–Crippen MR) is 167 cm³/mol. The lowest BCUT2D eigenvalue weighted by Gasteiger charge is -2.13. The van der Waals surface area contributed by atoms with Crippen LogP contribution in [-0.4, -0.2) is 11.4 Å². The second-order valence-electron chi connectivity index (χ2n) is 10.7. The number of aryl methyl sites for hydroxylation is 4. The van der Waals surface area contributed by atoms with Crippen molar-refractivity contribution in [1.82, 2.24) is 0 Å². The van der Waals surface area contributed by atoms with E-state index in [0.717, 1.165) is 54.9 Å². The van der Waals surface area contributed by atoms with E-state index in [9.17, 15) is 0 Å². The van der Waals surface area contributed by atoms with Gasteiger partial charge >= 0.3 is 0 Å². The summed E-state index contributed by atoms with van der Waals surface area (Å²) >= 11 is 0. The molecule has 0 atom stereocenters. The molecule has 2 aromatic rings. The van der Waals surface area contributed by atoms with Gasteiger partial charge in [0.2, 0.25) is 0 Å². The molecule has 0 bridgehead atoms. The van der Waals surface area contributed by atoms with Gasteiger partial charge in [-0.25, -0.2) is 0 Å². The standard InChI is InChI=1S/C35H54N2/c1-7-12-17-29-22-24-33(26-31(29)19-14-9-3)36-28(6)35(21-16-11-5)37-34-25-23-30(18-13-8-2)32(27-34)20-15-10-4/h22-27H,7-21H2,1-6H3. The van der Waals surface area contributed by atoms with Crippen molar-refractivity contribution in [2.24, 2.45) is 9.98 Å². The lowest BCUT2D eigenvalue weighted by Crippen LogP contribution is -2.10. The maximum atomic E-state index is 5.20. The van der Waals surface area contributed by atoms with Crippen LogP contribution in [0, 0.1) is 0 Å². The third kappa shape index (κ3) is 11.0. The molecule has 0 aliphatic heterocycles. The Morgan fingerprint density at radius 2 is 0.919 bits per heavy atom. The zero-order chi connectivity index (χ0) is 26.9. The molecule has 0 saturated carbocycles. The molecule has 0 aromatic heterocycles. The van der Waals surface area contributed by atoms with Gasteiger partial charge in [0.1, 0.15) is 0 Å². The van der Waals surface area contributed by atoms with E-state index in [1.54, 1.807) is 0 Å². The first kappa shape index (κ1) is 31.0. The molecule has 0 spiro atoms. The van der Waals surface area contributed by atoms with Crippen LogP contribution in [0.3, 0.4) is 0 Å². The summed E-state index contributed by atoms with van der Waals surface area (Å²) < 4.78 is 0. The van der Waals surface area contributed by atoms with E-state index in [0.29, 0.717) is 0 Å². The molecule has 0 N–H and O–H groups in total. The summed E-state index contributed by atoms with van der Waals surface area (Å²) in [6.07, 6.45) is 17.9. The van der Waals surface area contributed by atoms with Crippen LogP contribution < -0.4 is 0 Å². The van der Waals surface area contributed by atoms with Gasteiger partial charge in [0, 0.05) is 0 Å². The van der Waals surface area contributed by atoms with Crippen molar-refractivity contribution in [3.05, 3.63) is 58.7 Å². The van der Waals surface area contributed by atoms with Gasteiger partial charge in [0.05, 0.1) is 22.8 Å². The number of unbranched alkanes of at least 4 members (excludes halogenated alkanes) is 5. The first-order valence-electron chi connectivity index (χ1n) is 15.4. The SMILES string of the molecule is CCCCC(=Nc1ccc(CCCC)c(CCCC)c1)C(C)=Nc1ccc(CCCC)c(CCCC)c1. The van der Waals surface area contributed by atoms with Crippen molar-refractivity contribution >= 4 is 22.8 Å². The normalized spacial score (nSPS) is 12.4. The number of nitrogens with zero attached hydrogens (tertiary/aromatic N) is 2. The first-order chi connectivity index (χ1) is 18.1. The largest absolute Gasteiger partial charge is 0.252 e. The van der Waals surface area contributed by atoms with Crippen LogP contribution in [0.25, 0.3) is 0 Å². The smallest absolute Gasteiger partial charge is 0.0636 e. The van der Waals surface area contributed by atoms with Crippen LogP contribution in [0.1, 0.15) is 134 Å². The van der Waals surface area contributed by atoms with E-state index in [4.69, 9.17) is 9.98 Å². The second kappa shape index (κ2) is 18.1. The van der Waals surface area contributed by atoms with Gasteiger partial charge in [0.25, 0.3) is 0 Å². The van der Waals surface area contributed by atoms with Gasteiger partial charge < -0.3 is 0 Å². The minimum atomic E-state index is 0.977. The van der Waals surface area contributed by atoms with Crippen molar-refractivity contribution in [2.75, 3.05) is 0 Å². The highest BCUT2D eigenvalue weighted by molar-refractivity contribution is 6.42. The Morgan fingerprint density at radius 3 is 1.35 bits per heavy atom. The summed E-state index contributed by atoms with van der Waals surface area (Å²) in [5, 5.41) is 0. The van der Waals surface area contributed by atoms with Crippen molar-refractivity contribution in [1.29, 1.82) is 0 Å². The van der Waals surface area contributed by atoms with E-state index in [-0.39, 0.29) is 0 Å². The molecule has 37 heavy (non-hydrogen) atoms. The zero-order valence-corrected chi connectivity index (χ0v) is 25.0. The summed E-state index contributed by atoms with van der Waals surface area (Å²) in [6, 6.07) is 13.8. The van der Waals surface area contributed by atoms with E-state index in [2.05, 4.69) is 77.9 Å². The maximum absolute atomic E-state index is 5.20. The molecule has 0 saturated heterocycles. The van der Waals surface area contributed by atoms with Crippen LogP contribution >= 0.6 is 0 Å². The molecule has 0 aliphatic rings. The van der Waals surface area contributed by atoms with Crippen LogP contribution in [0.15, 0.2) is 46.4 Å². The molecule has 0 amide bonds. The summed E-state index contributed by atoms with van der Waals surface area (Å²) in [5.74, 6) is 0. The van der Waals surface area contributed by atoms with Crippen molar-refractivity contribution in [3.63, 3.8) is 0 Å². The summed E-state index contributed by atoms with van der Waals surface area (Å²) in [4.78, 5) is 10.3. The fraction of sp³-hybridized carbons (Fsp3) is 0.600. The lowest BCUT2D eigenvalue weighted by atomic mass is 9.97. The third-order valence-corrected chi connectivity index (χ3v) is 7.32. The highest BCUT2D eigenvalue weighted by Gasteiger charge is 2.10. The molecule has 2 rings (SSSR count). The molecule has 2 aromatic carbocycles. The fourth-order valence-electron chi connectivity index (χ4n) is 4.86. The van der Waals surface area contributed by atoms with E-state index in [1.807, 2.05) is 0 Å². The summed E-state index contributed by atoms with van der Waals surface area (Å²) in [5.41, 5.74) is 10.4. The van der Waals surface area contributed by atoms with Gasteiger partial charge in [-0.1, -0.05) is 78.9 Å². The average Bonchev–Trinajstić information content (AvgIpc) is 2.91. The predicted octanol–water partition coefficient (Wildman–Crippen LogP) is 11.1. The van der Waals surface area contributed by atoms with Crippen molar-refractivity contribution < 1.29 is 0 Å². The van der Waals surface area contributed by atoms with Crippen molar-refractivity contribution in [3.8, 4) is 0 Å². The van der Waals surface area contributed by atoms with Gasteiger partial charge in [0.15, 0.2) is 0 Å². The Balaban J connectivity index is 2.39. The number of hydrogen-bond donors (Lipinski definition) is 0. The molecule has 0 unspecified atom stereocenters. The monoisotopic (exact) mass is 502 g/mol. The molecule has 0 fully saturated rings. The Labute approximate surface area is 229 Å². The first-order valence-corrected chi connectivity index (χ1v) is 15.4. The quantitative estimate of drug-likeness (QED) is 0.181. The average molecular weight is 503 g/mol. The molecule has 2 heteroatoms.